The van der Waals surface area contributed by atoms with Gasteiger partial charge in [-0.15, -0.1) is 12.4 Å². The van der Waals surface area contributed by atoms with E-state index in [1.54, 1.807) is 48.7 Å². The van der Waals surface area contributed by atoms with Gasteiger partial charge in [-0.2, -0.15) is 0 Å². The molecule has 0 bridgehead atoms. The quantitative estimate of drug-likeness (QED) is 0.569. The maximum atomic E-state index is 12.7. The monoisotopic (exact) mass is 435 g/mol. The number of rotatable bonds is 7. The first-order valence-electron chi connectivity index (χ1n) is 9.64. The summed E-state index contributed by atoms with van der Waals surface area (Å²) < 4.78 is 33.7. The van der Waals surface area contributed by atoms with Crippen molar-refractivity contribution >= 4 is 44.8 Å². The summed E-state index contributed by atoms with van der Waals surface area (Å²) in [4.78, 5) is 2.70. The lowest BCUT2D eigenvalue weighted by Crippen LogP contribution is -2.34. The molecule has 8 heteroatoms. The van der Waals surface area contributed by atoms with Crippen molar-refractivity contribution in [3.63, 3.8) is 0 Å². The molecule has 0 saturated carbocycles. The molecule has 0 radical (unpaired) electrons. The molecule has 1 aliphatic heterocycles. The molecular formula is C21H26ClN3O3S. The molecule has 29 heavy (non-hydrogen) atoms. The van der Waals surface area contributed by atoms with Gasteiger partial charge in [-0.3, -0.25) is 9.62 Å². The van der Waals surface area contributed by atoms with Crippen LogP contribution in [0.3, 0.4) is 0 Å². The molecule has 0 unspecified atom stereocenters. The number of sulfonamides is 1. The Hall–Kier alpha value is -2.22. The van der Waals surface area contributed by atoms with Crippen LogP contribution in [0.4, 0.5) is 11.4 Å². The fraction of sp³-hybridized carbons (Fsp3) is 0.333. The van der Waals surface area contributed by atoms with Gasteiger partial charge >= 0.3 is 0 Å². The molecule has 1 saturated heterocycles. The molecule has 2 aromatic carbocycles. The number of halogens is 1. The number of fused-ring (bicyclic) bond motifs is 1. The number of hydrogen-bond acceptors (Lipinski definition) is 5. The predicted molar refractivity (Wildman–Crippen MR) is 119 cm³/mol. The minimum Gasteiger partial charge on any atom is -0.462 e. The van der Waals surface area contributed by atoms with Gasteiger partial charge in [-0.1, -0.05) is 25.1 Å². The zero-order chi connectivity index (χ0) is 19.6. The highest BCUT2D eigenvalue weighted by Crippen LogP contribution is 2.31. The Labute approximate surface area is 177 Å². The number of hydrogen-bond donors (Lipinski definition) is 2. The van der Waals surface area contributed by atoms with E-state index in [9.17, 15) is 8.42 Å². The van der Waals surface area contributed by atoms with Crippen molar-refractivity contribution in [3.8, 4) is 0 Å². The van der Waals surface area contributed by atoms with Crippen LogP contribution < -0.4 is 10.0 Å². The Morgan fingerprint density at radius 3 is 2.72 bits per heavy atom. The first-order valence-corrected chi connectivity index (χ1v) is 11.1. The molecule has 3 aromatic rings. The zero-order valence-electron chi connectivity index (χ0n) is 16.3. The number of likely N-dealkylation sites (tertiary alicyclic amines) is 1. The average Bonchev–Trinajstić information content (AvgIpc) is 3.35. The molecule has 1 atom stereocenters. The van der Waals surface area contributed by atoms with E-state index in [0.29, 0.717) is 11.7 Å². The number of anilines is 2. The predicted octanol–water partition coefficient (Wildman–Crippen LogP) is 4.55. The van der Waals surface area contributed by atoms with E-state index in [0.717, 1.165) is 36.3 Å². The van der Waals surface area contributed by atoms with E-state index in [-0.39, 0.29) is 17.3 Å². The molecule has 4 rings (SSSR count). The molecule has 6 nitrogen and oxygen atoms in total. The largest absolute Gasteiger partial charge is 0.462 e. The van der Waals surface area contributed by atoms with E-state index in [2.05, 4.69) is 21.9 Å². The van der Waals surface area contributed by atoms with Gasteiger partial charge in [0.15, 0.2) is 5.58 Å². The van der Waals surface area contributed by atoms with Gasteiger partial charge in [-0.05, 0) is 56.3 Å². The summed E-state index contributed by atoms with van der Waals surface area (Å²) in [6, 6.07) is 14.3. The Morgan fingerprint density at radius 2 is 1.97 bits per heavy atom. The third-order valence-corrected chi connectivity index (χ3v) is 6.69. The normalized spacial score (nSPS) is 17.2. The standard InChI is InChI=1S/C21H25N3O3S.ClH/c1-2-24-11-6-7-18(24)15-22-20-14-17(13-16-10-12-27-21(16)20)23-28(25,26)19-8-4-3-5-9-19;/h3-5,8-10,12-14,18,22-23H,2,6-7,11,15H2,1H3;1H/t18-;/m1./s1. The first kappa shape index (κ1) is 21.5. The number of benzene rings is 2. The average molecular weight is 436 g/mol. The van der Waals surface area contributed by atoms with Crippen LogP contribution in [-0.2, 0) is 10.0 Å². The Morgan fingerprint density at radius 1 is 1.17 bits per heavy atom. The third kappa shape index (κ3) is 4.69. The third-order valence-electron chi connectivity index (χ3n) is 5.29. The summed E-state index contributed by atoms with van der Waals surface area (Å²) in [5.74, 6) is 0. The SMILES string of the molecule is CCN1CCC[C@@H]1CNc1cc(NS(=O)(=O)c2ccccc2)cc2ccoc12.Cl. The summed E-state index contributed by atoms with van der Waals surface area (Å²) in [6.45, 7) is 5.16. The molecule has 1 fully saturated rings. The van der Waals surface area contributed by atoms with Crippen molar-refractivity contribution in [2.75, 3.05) is 29.7 Å². The van der Waals surface area contributed by atoms with Crippen molar-refractivity contribution in [2.45, 2.75) is 30.7 Å². The van der Waals surface area contributed by atoms with E-state index in [1.807, 2.05) is 6.07 Å². The first-order chi connectivity index (χ1) is 13.6. The van der Waals surface area contributed by atoms with Crippen LogP contribution in [0.25, 0.3) is 11.0 Å². The molecule has 0 amide bonds. The fourth-order valence-electron chi connectivity index (χ4n) is 3.86. The van der Waals surface area contributed by atoms with E-state index in [1.165, 1.54) is 12.8 Å². The van der Waals surface area contributed by atoms with Crippen molar-refractivity contribution in [1.82, 2.24) is 4.90 Å². The number of nitrogens with zero attached hydrogens (tertiary/aromatic N) is 1. The molecule has 0 aliphatic carbocycles. The summed E-state index contributed by atoms with van der Waals surface area (Å²) >= 11 is 0. The van der Waals surface area contributed by atoms with Crippen LogP contribution in [0.2, 0.25) is 0 Å². The van der Waals surface area contributed by atoms with Gasteiger partial charge in [0, 0.05) is 18.0 Å². The summed E-state index contributed by atoms with van der Waals surface area (Å²) in [5.41, 5.74) is 2.05. The topological polar surface area (TPSA) is 74.6 Å². The summed E-state index contributed by atoms with van der Waals surface area (Å²) in [6.07, 6.45) is 4.01. The lowest BCUT2D eigenvalue weighted by Gasteiger charge is -2.23. The zero-order valence-corrected chi connectivity index (χ0v) is 17.9. The second kappa shape index (κ2) is 9.07. The molecule has 2 N–H and O–H groups in total. The molecule has 156 valence electrons. The maximum Gasteiger partial charge on any atom is 0.261 e. The van der Waals surface area contributed by atoms with E-state index < -0.39 is 10.0 Å². The molecule has 0 spiro atoms. The molecular weight excluding hydrogens is 410 g/mol. The summed E-state index contributed by atoms with van der Waals surface area (Å²) in [5, 5.41) is 4.33. The van der Waals surface area contributed by atoms with Crippen molar-refractivity contribution in [1.29, 1.82) is 0 Å². The van der Waals surface area contributed by atoms with Crippen molar-refractivity contribution in [3.05, 3.63) is 54.8 Å². The highest BCUT2D eigenvalue weighted by Gasteiger charge is 2.23. The minimum atomic E-state index is -3.64. The Balaban J connectivity index is 0.00000240. The van der Waals surface area contributed by atoms with E-state index >= 15 is 0 Å². The van der Waals surface area contributed by atoms with Gasteiger partial charge in [0.25, 0.3) is 10.0 Å². The van der Waals surface area contributed by atoms with E-state index in [4.69, 9.17) is 4.42 Å². The van der Waals surface area contributed by atoms with Crippen molar-refractivity contribution < 1.29 is 12.8 Å². The van der Waals surface area contributed by atoms with Gasteiger partial charge in [0.1, 0.15) is 0 Å². The van der Waals surface area contributed by atoms with Crippen LogP contribution in [-0.4, -0.2) is 39.0 Å². The highest BCUT2D eigenvalue weighted by molar-refractivity contribution is 7.92. The smallest absolute Gasteiger partial charge is 0.261 e. The lowest BCUT2D eigenvalue weighted by molar-refractivity contribution is 0.277. The van der Waals surface area contributed by atoms with Gasteiger partial charge in [0.2, 0.25) is 0 Å². The van der Waals surface area contributed by atoms with Crippen LogP contribution >= 0.6 is 12.4 Å². The van der Waals surface area contributed by atoms with Crippen LogP contribution in [0, 0.1) is 0 Å². The fourth-order valence-corrected chi connectivity index (χ4v) is 4.92. The number of likely N-dealkylation sites (N-methyl/N-ethyl adjacent to an activating group) is 1. The molecule has 1 aliphatic rings. The number of nitrogens with one attached hydrogen (secondary N) is 2. The Kier molecular flexibility index (Phi) is 6.72. The lowest BCUT2D eigenvalue weighted by atomic mass is 10.2. The maximum absolute atomic E-state index is 12.7. The molecule has 1 aromatic heterocycles. The second-order valence-electron chi connectivity index (χ2n) is 7.09. The second-order valence-corrected chi connectivity index (χ2v) is 8.77. The van der Waals surface area contributed by atoms with Gasteiger partial charge in [0.05, 0.1) is 22.5 Å². The van der Waals surface area contributed by atoms with Gasteiger partial charge in [-0.25, -0.2) is 8.42 Å². The van der Waals surface area contributed by atoms with Gasteiger partial charge < -0.3 is 9.73 Å². The summed E-state index contributed by atoms with van der Waals surface area (Å²) in [7, 11) is -3.64. The van der Waals surface area contributed by atoms with Crippen LogP contribution in [0.15, 0.2) is 64.1 Å². The Bertz CT molecular complexity index is 1050. The van der Waals surface area contributed by atoms with Crippen LogP contribution in [0.5, 0.6) is 0 Å². The van der Waals surface area contributed by atoms with Crippen molar-refractivity contribution in [2.24, 2.45) is 0 Å². The van der Waals surface area contributed by atoms with Crippen LogP contribution in [0.1, 0.15) is 19.8 Å². The highest BCUT2D eigenvalue weighted by atomic mass is 35.5. The molecule has 2 heterocycles. The number of furan rings is 1. The minimum absolute atomic E-state index is 0.